The summed E-state index contributed by atoms with van der Waals surface area (Å²) in [5.74, 6) is -0.548. The van der Waals surface area contributed by atoms with Crippen molar-refractivity contribution in [3.8, 4) is 0 Å². The fourth-order valence-electron chi connectivity index (χ4n) is 2.40. The van der Waals surface area contributed by atoms with Crippen LogP contribution in [0, 0.1) is 11.8 Å². The first-order valence-corrected chi connectivity index (χ1v) is 10.8. The summed E-state index contributed by atoms with van der Waals surface area (Å²) in [4.78, 5) is 11.6. The summed E-state index contributed by atoms with van der Waals surface area (Å²) in [6.45, 7) is 29.4. The van der Waals surface area contributed by atoms with Gasteiger partial charge in [0.05, 0.1) is 6.61 Å². The molecule has 31 heavy (non-hydrogen) atoms. The predicted molar refractivity (Wildman–Crippen MR) is 132 cm³/mol. The van der Waals surface area contributed by atoms with Gasteiger partial charge in [0.2, 0.25) is 0 Å². The Balaban J connectivity index is 5.39. The summed E-state index contributed by atoms with van der Waals surface area (Å²) < 4.78 is 20.0. The number of allylic oxidation sites excluding steroid dienone is 9. The lowest BCUT2D eigenvalue weighted by Crippen LogP contribution is -2.07. The zero-order valence-electron chi connectivity index (χ0n) is 20.0. The van der Waals surface area contributed by atoms with E-state index in [-0.39, 0.29) is 12.5 Å². The third-order valence-electron chi connectivity index (χ3n) is 5.09. The Hall–Kier alpha value is -2.68. The smallest absolute Gasteiger partial charge is 0.333 e. The van der Waals surface area contributed by atoms with Crippen LogP contribution in [0.25, 0.3) is 0 Å². The maximum atomic E-state index is 14.8. The van der Waals surface area contributed by atoms with Crippen LogP contribution < -0.4 is 0 Å². The van der Waals surface area contributed by atoms with Crippen molar-refractivity contribution in [2.24, 2.45) is 11.8 Å². The van der Waals surface area contributed by atoms with Gasteiger partial charge in [0, 0.05) is 17.9 Å². The highest BCUT2D eigenvalue weighted by atomic mass is 19.1. The highest BCUT2D eigenvalue weighted by molar-refractivity contribution is 5.86. The van der Waals surface area contributed by atoms with E-state index in [0.717, 1.165) is 24.0 Å². The van der Waals surface area contributed by atoms with E-state index in [1.165, 1.54) is 6.08 Å². The number of ether oxygens (including phenoxy) is 1. The van der Waals surface area contributed by atoms with Gasteiger partial charge in [-0.25, -0.2) is 9.18 Å². The molecule has 0 spiro atoms. The lowest BCUT2D eigenvalue weighted by Gasteiger charge is -2.14. The number of carbonyl (C=O) groups excluding carboxylic acids is 1. The quantitative estimate of drug-likeness (QED) is 0.121. The first-order valence-electron chi connectivity index (χ1n) is 10.8. The zero-order chi connectivity index (χ0) is 24.1. The van der Waals surface area contributed by atoms with Crippen molar-refractivity contribution < 1.29 is 13.9 Å². The van der Waals surface area contributed by atoms with Crippen LogP contribution in [0.4, 0.5) is 4.39 Å². The molecular weight excluding hydrogens is 387 g/mol. The number of halogens is 1. The van der Waals surface area contributed by atoms with E-state index in [1.807, 2.05) is 26.0 Å². The summed E-state index contributed by atoms with van der Waals surface area (Å²) in [6.07, 6.45) is 9.52. The molecule has 0 rings (SSSR count). The lowest BCUT2D eigenvalue weighted by atomic mass is 9.93. The molecule has 2 unspecified atom stereocenters. The molecule has 0 bridgehead atoms. The Labute approximate surface area is 189 Å². The van der Waals surface area contributed by atoms with Gasteiger partial charge in [-0.15, -0.1) is 0 Å². The maximum absolute atomic E-state index is 14.8. The molecule has 0 aromatic carbocycles. The van der Waals surface area contributed by atoms with Crippen molar-refractivity contribution in [1.82, 2.24) is 0 Å². The fourth-order valence-corrected chi connectivity index (χ4v) is 2.40. The van der Waals surface area contributed by atoms with Crippen LogP contribution in [0.1, 0.15) is 53.9 Å². The van der Waals surface area contributed by atoms with Crippen molar-refractivity contribution in [2.45, 2.75) is 53.9 Å². The lowest BCUT2D eigenvalue weighted by molar-refractivity contribution is -0.138. The summed E-state index contributed by atoms with van der Waals surface area (Å²) in [5.41, 5.74) is 3.45. The minimum Gasteiger partial charge on any atom is -0.462 e. The minimum atomic E-state index is -0.445. The van der Waals surface area contributed by atoms with Crippen LogP contribution in [-0.4, -0.2) is 12.6 Å². The van der Waals surface area contributed by atoms with Crippen LogP contribution in [0.3, 0.4) is 0 Å². The first-order chi connectivity index (χ1) is 14.4. The van der Waals surface area contributed by atoms with E-state index in [9.17, 15) is 9.18 Å². The average molecular weight is 427 g/mol. The number of carbonyl (C=O) groups is 1. The van der Waals surface area contributed by atoms with Gasteiger partial charge < -0.3 is 4.74 Å². The van der Waals surface area contributed by atoms with Crippen LogP contribution in [0.2, 0.25) is 0 Å². The maximum Gasteiger partial charge on any atom is 0.333 e. The molecule has 3 heteroatoms. The normalized spacial score (nSPS) is 14.1. The van der Waals surface area contributed by atoms with Gasteiger partial charge in [0.15, 0.2) is 0 Å². The second kappa shape index (κ2) is 14.3. The molecule has 2 nitrogen and oxygen atoms in total. The molecule has 0 aromatic heterocycles. The van der Waals surface area contributed by atoms with Gasteiger partial charge in [-0.05, 0) is 47.6 Å². The highest BCUT2D eigenvalue weighted by Crippen LogP contribution is 2.27. The largest absolute Gasteiger partial charge is 0.462 e. The second-order valence-corrected chi connectivity index (χ2v) is 7.93. The van der Waals surface area contributed by atoms with Crippen LogP contribution in [-0.2, 0) is 9.53 Å². The minimum absolute atomic E-state index is 0.122. The molecule has 170 valence electrons. The van der Waals surface area contributed by atoms with Crippen LogP contribution in [0.5, 0.6) is 0 Å². The van der Waals surface area contributed by atoms with Crippen molar-refractivity contribution in [3.63, 3.8) is 0 Å². The van der Waals surface area contributed by atoms with Gasteiger partial charge >= 0.3 is 5.97 Å². The third-order valence-corrected chi connectivity index (χ3v) is 5.09. The van der Waals surface area contributed by atoms with Gasteiger partial charge in [-0.2, -0.15) is 0 Å². The van der Waals surface area contributed by atoms with Gasteiger partial charge in [-0.3, -0.25) is 0 Å². The molecule has 0 aliphatic rings. The molecule has 0 amide bonds. The van der Waals surface area contributed by atoms with Crippen molar-refractivity contribution >= 4 is 5.97 Å². The number of rotatable bonds is 14. The molecule has 0 fully saturated rings. The van der Waals surface area contributed by atoms with E-state index in [1.54, 1.807) is 6.92 Å². The number of hydrogen-bond donors (Lipinski definition) is 0. The molecule has 0 aromatic rings. The number of esters is 1. The van der Waals surface area contributed by atoms with Crippen molar-refractivity contribution in [3.05, 3.63) is 96.5 Å². The Morgan fingerprint density at radius 1 is 1.03 bits per heavy atom. The van der Waals surface area contributed by atoms with E-state index in [0.29, 0.717) is 34.6 Å². The molecule has 0 aliphatic carbocycles. The molecule has 0 saturated carbocycles. The summed E-state index contributed by atoms with van der Waals surface area (Å²) in [5, 5.41) is 0. The first kappa shape index (κ1) is 28.3. The predicted octanol–water partition coefficient (Wildman–Crippen LogP) is 8.15. The summed E-state index contributed by atoms with van der Waals surface area (Å²) in [7, 11) is 0. The molecule has 0 radical (unpaired) electrons. The van der Waals surface area contributed by atoms with Crippen molar-refractivity contribution in [2.75, 3.05) is 6.61 Å². The topological polar surface area (TPSA) is 26.3 Å². The molecular formula is C28H39FO2. The fraction of sp³-hybridized carbons (Fsp3) is 0.393. The van der Waals surface area contributed by atoms with Gasteiger partial charge in [0.25, 0.3) is 0 Å². The molecule has 0 N–H and O–H groups in total. The zero-order valence-corrected chi connectivity index (χ0v) is 20.0. The van der Waals surface area contributed by atoms with E-state index >= 15 is 0 Å². The van der Waals surface area contributed by atoms with Gasteiger partial charge in [-0.1, -0.05) is 90.8 Å². The Morgan fingerprint density at radius 3 is 2.16 bits per heavy atom. The Morgan fingerprint density at radius 2 is 1.65 bits per heavy atom. The monoisotopic (exact) mass is 426 g/mol. The van der Waals surface area contributed by atoms with Crippen LogP contribution >= 0.6 is 0 Å². The summed E-state index contributed by atoms with van der Waals surface area (Å²) in [6, 6.07) is 0. The highest BCUT2D eigenvalue weighted by Gasteiger charge is 2.13. The van der Waals surface area contributed by atoms with E-state index in [4.69, 9.17) is 4.74 Å². The van der Waals surface area contributed by atoms with E-state index < -0.39 is 11.8 Å². The van der Waals surface area contributed by atoms with Crippen LogP contribution in [0.15, 0.2) is 96.5 Å². The molecule has 0 saturated heterocycles. The van der Waals surface area contributed by atoms with Crippen molar-refractivity contribution in [1.29, 1.82) is 0 Å². The van der Waals surface area contributed by atoms with Gasteiger partial charge in [0.1, 0.15) is 5.83 Å². The number of hydrogen-bond acceptors (Lipinski definition) is 2. The summed E-state index contributed by atoms with van der Waals surface area (Å²) >= 11 is 0. The molecule has 0 heterocycles. The van der Waals surface area contributed by atoms with E-state index in [2.05, 4.69) is 52.8 Å². The molecule has 0 aliphatic heterocycles. The average Bonchev–Trinajstić information content (AvgIpc) is 2.74. The third kappa shape index (κ3) is 10.8. The second-order valence-electron chi connectivity index (χ2n) is 7.93. The Bertz CT molecular complexity index is 805. The Kier molecular flexibility index (Phi) is 13.1. The standard InChI is InChI=1S/C28H39FO2/c1-11-20(5)13-14-22(7)25(10)27(29)18-23(8)24(9)26(17-21(6)12-2)15-16-31-28(30)19(3)4/h13-14,17-18,20,22H,3,6,8-12,15-16H2,1-2,4-5,7H3/b14-13-,26-17-,27-18+. The molecule has 2 atom stereocenters. The SMILES string of the molecule is C=C(/C=C(/CCOC(=O)C(=C)C)C(=C)C(=C)/C=C(/F)C(=C)C(C)/C=C\C(C)CC)CC.